The van der Waals surface area contributed by atoms with Crippen LogP contribution in [0.4, 0.5) is 4.79 Å². The van der Waals surface area contributed by atoms with Crippen molar-refractivity contribution in [3.8, 4) is 11.1 Å². The molecule has 0 spiro atoms. The number of hydrogen-bond donors (Lipinski definition) is 3. The summed E-state index contributed by atoms with van der Waals surface area (Å²) in [6.07, 6.45) is -0.172. The standard InChI is InChI=1S/C26H32N2O6/c1-26(2,24(30)31)13-14-27-23(29)22(12-15-33-3)28-25(32)34-16-21-19-10-6-4-8-17(19)18-9-5-7-11-20(18)21/h4-11,21-22H,12-16H2,1-3H3,(H,27,29)(H,28,32)(H,30,31). The first-order chi connectivity index (χ1) is 16.2. The summed E-state index contributed by atoms with van der Waals surface area (Å²) in [5.41, 5.74) is 3.51. The Morgan fingerprint density at radius 3 is 2.18 bits per heavy atom. The van der Waals surface area contributed by atoms with E-state index in [0.29, 0.717) is 0 Å². The van der Waals surface area contributed by atoms with Crippen molar-refractivity contribution in [2.45, 2.75) is 38.6 Å². The van der Waals surface area contributed by atoms with E-state index in [0.717, 1.165) is 22.3 Å². The molecule has 182 valence electrons. The summed E-state index contributed by atoms with van der Waals surface area (Å²) in [4.78, 5) is 36.5. The summed E-state index contributed by atoms with van der Waals surface area (Å²) in [5, 5.41) is 14.5. The second-order valence-corrected chi connectivity index (χ2v) is 9.03. The molecule has 1 aliphatic rings. The van der Waals surface area contributed by atoms with Gasteiger partial charge in [0.1, 0.15) is 12.6 Å². The Morgan fingerprint density at radius 1 is 1.03 bits per heavy atom. The molecule has 0 heterocycles. The average Bonchev–Trinajstić information content (AvgIpc) is 3.14. The van der Waals surface area contributed by atoms with Crippen molar-refractivity contribution in [2.24, 2.45) is 5.41 Å². The van der Waals surface area contributed by atoms with Gasteiger partial charge in [-0.05, 0) is 42.5 Å². The Morgan fingerprint density at radius 2 is 1.62 bits per heavy atom. The van der Waals surface area contributed by atoms with Crippen LogP contribution in [0.1, 0.15) is 43.7 Å². The van der Waals surface area contributed by atoms with Crippen molar-refractivity contribution in [3.63, 3.8) is 0 Å². The number of carbonyl (C=O) groups excluding carboxylic acids is 2. The minimum Gasteiger partial charge on any atom is -0.481 e. The molecule has 0 bridgehead atoms. The number of hydrogen-bond acceptors (Lipinski definition) is 5. The second kappa shape index (κ2) is 11.2. The smallest absolute Gasteiger partial charge is 0.407 e. The highest BCUT2D eigenvalue weighted by Crippen LogP contribution is 2.44. The Bertz CT molecular complexity index is 990. The zero-order valence-corrected chi connectivity index (χ0v) is 19.8. The zero-order chi connectivity index (χ0) is 24.7. The first-order valence-corrected chi connectivity index (χ1v) is 11.4. The summed E-state index contributed by atoms with van der Waals surface area (Å²) in [6.45, 7) is 3.78. The van der Waals surface area contributed by atoms with Crippen LogP contribution in [-0.4, -0.2) is 56.0 Å². The third-order valence-electron chi connectivity index (χ3n) is 6.19. The van der Waals surface area contributed by atoms with Crippen LogP contribution in [0.25, 0.3) is 11.1 Å². The van der Waals surface area contributed by atoms with Gasteiger partial charge in [-0.15, -0.1) is 0 Å². The van der Waals surface area contributed by atoms with E-state index in [2.05, 4.69) is 22.8 Å². The van der Waals surface area contributed by atoms with Crippen LogP contribution >= 0.6 is 0 Å². The molecule has 0 fully saturated rings. The number of amides is 2. The van der Waals surface area contributed by atoms with Gasteiger partial charge >= 0.3 is 12.1 Å². The highest BCUT2D eigenvalue weighted by molar-refractivity contribution is 5.86. The molecule has 8 heteroatoms. The Labute approximate surface area is 199 Å². The molecule has 0 aromatic heterocycles. The quantitative estimate of drug-likeness (QED) is 0.465. The van der Waals surface area contributed by atoms with Crippen LogP contribution in [-0.2, 0) is 19.1 Å². The van der Waals surface area contributed by atoms with E-state index >= 15 is 0 Å². The van der Waals surface area contributed by atoms with Crippen LogP contribution in [0, 0.1) is 5.41 Å². The van der Waals surface area contributed by atoms with Crippen LogP contribution in [0.15, 0.2) is 48.5 Å². The van der Waals surface area contributed by atoms with E-state index < -0.39 is 29.4 Å². The van der Waals surface area contributed by atoms with Gasteiger partial charge in [0.2, 0.25) is 5.91 Å². The molecule has 2 aromatic rings. The number of carboxylic acids is 1. The topological polar surface area (TPSA) is 114 Å². The molecule has 1 unspecified atom stereocenters. The highest BCUT2D eigenvalue weighted by atomic mass is 16.5. The number of carbonyl (C=O) groups is 3. The molecule has 8 nitrogen and oxygen atoms in total. The Hall–Kier alpha value is -3.39. The fraction of sp³-hybridized carbons (Fsp3) is 0.423. The fourth-order valence-electron chi connectivity index (χ4n) is 4.02. The molecular weight excluding hydrogens is 436 g/mol. The van der Waals surface area contributed by atoms with Crippen LogP contribution in [0.3, 0.4) is 0 Å². The molecule has 3 rings (SSSR count). The zero-order valence-electron chi connectivity index (χ0n) is 19.8. The maximum Gasteiger partial charge on any atom is 0.407 e. The van der Waals surface area contributed by atoms with E-state index in [1.807, 2.05) is 36.4 Å². The molecule has 1 aliphatic carbocycles. The maximum absolute atomic E-state index is 12.6. The monoisotopic (exact) mass is 468 g/mol. The lowest BCUT2D eigenvalue weighted by Crippen LogP contribution is -2.48. The number of rotatable bonds is 11. The first-order valence-electron chi connectivity index (χ1n) is 11.4. The Kier molecular flexibility index (Phi) is 8.28. The van der Waals surface area contributed by atoms with E-state index in [4.69, 9.17) is 9.47 Å². The lowest BCUT2D eigenvalue weighted by atomic mass is 9.89. The molecule has 0 radical (unpaired) electrons. The van der Waals surface area contributed by atoms with Crippen molar-refractivity contribution in [1.82, 2.24) is 10.6 Å². The maximum atomic E-state index is 12.6. The van der Waals surface area contributed by atoms with Crippen molar-refractivity contribution in [1.29, 1.82) is 0 Å². The third-order valence-corrected chi connectivity index (χ3v) is 6.19. The van der Waals surface area contributed by atoms with Gasteiger partial charge in [0.15, 0.2) is 0 Å². The van der Waals surface area contributed by atoms with E-state index in [1.165, 1.54) is 7.11 Å². The van der Waals surface area contributed by atoms with Gasteiger partial charge in [0, 0.05) is 32.6 Å². The SMILES string of the molecule is COCCC(NC(=O)OCC1c2ccccc2-c2ccccc21)C(=O)NCCC(C)(C)C(=O)O. The van der Waals surface area contributed by atoms with Crippen molar-refractivity contribution in [3.05, 3.63) is 59.7 Å². The first kappa shape index (κ1) is 25.2. The number of ether oxygens (including phenoxy) is 2. The minimum atomic E-state index is -0.963. The summed E-state index contributed by atoms with van der Waals surface area (Å²) in [5.74, 6) is -1.43. The van der Waals surface area contributed by atoms with Crippen LogP contribution in [0.5, 0.6) is 0 Å². The van der Waals surface area contributed by atoms with Gasteiger partial charge < -0.3 is 25.2 Å². The molecule has 0 saturated carbocycles. The summed E-state index contributed by atoms with van der Waals surface area (Å²) >= 11 is 0. The number of aliphatic carboxylic acids is 1. The summed E-state index contributed by atoms with van der Waals surface area (Å²) < 4.78 is 10.6. The normalized spacial score (nSPS) is 13.5. The van der Waals surface area contributed by atoms with Gasteiger partial charge in [-0.25, -0.2) is 4.79 Å². The average molecular weight is 469 g/mol. The number of benzene rings is 2. The molecule has 0 aliphatic heterocycles. The van der Waals surface area contributed by atoms with Crippen molar-refractivity contribution in [2.75, 3.05) is 26.9 Å². The van der Waals surface area contributed by atoms with E-state index in [1.54, 1.807) is 13.8 Å². The number of nitrogens with one attached hydrogen (secondary N) is 2. The molecule has 0 saturated heterocycles. The van der Waals surface area contributed by atoms with Crippen molar-refractivity contribution >= 4 is 18.0 Å². The number of methoxy groups -OCH3 is 1. The fourth-order valence-corrected chi connectivity index (χ4v) is 4.02. The molecule has 3 N–H and O–H groups in total. The molecule has 34 heavy (non-hydrogen) atoms. The highest BCUT2D eigenvalue weighted by Gasteiger charge is 2.30. The van der Waals surface area contributed by atoms with Gasteiger partial charge in [0.25, 0.3) is 0 Å². The van der Waals surface area contributed by atoms with Crippen LogP contribution in [0.2, 0.25) is 0 Å². The number of fused-ring (bicyclic) bond motifs is 3. The van der Waals surface area contributed by atoms with Gasteiger partial charge in [-0.3, -0.25) is 9.59 Å². The third kappa shape index (κ3) is 5.94. The second-order valence-electron chi connectivity index (χ2n) is 9.03. The largest absolute Gasteiger partial charge is 0.481 e. The predicted molar refractivity (Wildman–Crippen MR) is 128 cm³/mol. The predicted octanol–water partition coefficient (Wildman–Crippen LogP) is 3.55. The Balaban J connectivity index is 1.59. The number of carboxylic acid groups (broad SMARTS) is 1. The molecular formula is C26H32N2O6. The minimum absolute atomic E-state index is 0.0809. The van der Waals surface area contributed by atoms with Gasteiger partial charge in [-0.1, -0.05) is 48.5 Å². The van der Waals surface area contributed by atoms with E-state index in [9.17, 15) is 19.5 Å². The lowest BCUT2D eigenvalue weighted by molar-refractivity contribution is -0.147. The number of alkyl carbamates (subject to hydrolysis) is 1. The molecule has 2 aromatic carbocycles. The van der Waals surface area contributed by atoms with E-state index in [-0.39, 0.29) is 38.5 Å². The summed E-state index contributed by atoms with van der Waals surface area (Å²) in [7, 11) is 1.51. The lowest BCUT2D eigenvalue weighted by Gasteiger charge is -2.22. The molecule has 2 amide bonds. The van der Waals surface area contributed by atoms with Crippen molar-refractivity contribution < 1.29 is 29.0 Å². The van der Waals surface area contributed by atoms with Gasteiger partial charge in [-0.2, -0.15) is 0 Å². The van der Waals surface area contributed by atoms with Gasteiger partial charge in [0.05, 0.1) is 5.41 Å². The molecule has 1 atom stereocenters. The van der Waals surface area contributed by atoms with Crippen LogP contribution < -0.4 is 10.6 Å². The summed E-state index contributed by atoms with van der Waals surface area (Å²) in [6, 6.07) is 15.2.